The summed E-state index contributed by atoms with van der Waals surface area (Å²) in [6.45, 7) is 2.53. The Balaban J connectivity index is 2.88. The molecular weight excluding hydrogens is 302 g/mol. The Morgan fingerprint density at radius 2 is 2.37 bits per heavy atom. The van der Waals surface area contributed by atoms with E-state index in [0.29, 0.717) is 0 Å². The molecule has 0 aliphatic carbocycles. The highest BCUT2D eigenvalue weighted by molar-refractivity contribution is 7.74. The predicted octanol–water partition coefficient (Wildman–Crippen LogP) is 0.738. The fraction of sp³-hybridized carbons (Fsp3) is 0.625. The van der Waals surface area contributed by atoms with Gasteiger partial charge in [-0.2, -0.15) is 4.21 Å². The van der Waals surface area contributed by atoms with Gasteiger partial charge in [0.2, 0.25) is 0 Å². The summed E-state index contributed by atoms with van der Waals surface area (Å²) >= 11 is 3.16. The number of halogens is 1. The molecule has 19 heavy (non-hydrogen) atoms. The molecule has 108 valence electrons. The second kappa shape index (κ2) is 5.92. The monoisotopic (exact) mass is 313 g/mol. The maximum atomic E-state index is 10.5. The Morgan fingerprint density at radius 1 is 1.79 bits per heavy atom. The summed E-state index contributed by atoms with van der Waals surface area (Å²) < 4.78 is 24.8. The minimum Gasteiger partial charge on any atom is -0.386 e. The van der Waals surface area contributed by atoms with Gasteiger partial charge in [-0.25, -0.2) is 0 Å². The number of aliphatic hydroxyl groups is 1. The van der Waals surface area contributed by atoms with Crippen LogP contribution >= 0.6 is 11.6 Å². The Labute approximate surface area is 115 Å². The minimum absolute atomic E-state index is 0.177. The van der Waals surface area contributed by atoms with Crippen LogP contribution in [-0.4, -0.2) is 40.0 Å². The molecule has 3 unspecified atom stereocenters. The van der Waals surface area contributed by atoms with Gasteiger partial charge in [-0.3, -0.25) is 13.3 Å². The van der Waals surface area contributed by atoms with Gasteiger partial charge >= 0.3 is 22.5 Å². The summed E-state index contributed by atoms with van der Waals surface area (Å²) in [5, 5.41) is 20.5. The summed E-state index contributed by atoms with van der Waals surface area (Å²) in [6.07, 6.45) is 0.0512. The number of nitrogens with zero attached hydrogens (tertiary/aromatic N) is 3. The van der Waals surface area contributed by atoms with Crippen LogP contribution in [0.4, 0.5) is 5.82 Å². The molecule has 0 fully saturated rings. The van der Waals surface area contributed by atoms with Gasteiger partial charge in [0.25, 0.3) is 0 Å². The normalized spacial score (nSPS) is 17.7. The Bertz CT molecular complexity index is 505. The summed E-state index contributed by atoms with van der Waals surface area (Å²) in [5.41, 5.74) is -1.57. The SMILES string of the molecule is CC(OS(=O)O)C(C)(O)Cn1cc([N+](=O)[O-])nc1Cl. The number of nitro groups is 1. The highest BCUT2D eigenvalue weighted by Crippen LogP contribution is 2.22. The molecule has 1 aromatic heterocycles. The van der Waals surface area contributed by atoms with Crippen LogP contribution in [0.15, 0.2) is 6.20 Å². The molecule has 0 aliphatic heterocycles. The first-order valence-corrected chi connectivity index (χ1v) is 6.42. The van der Waals surface area contributed by atoms with Gasteiger partial charge in [-0.1, -0.05) is 0 Å². The van der Waals surface area contributed by atoms with Gasteiger partial charge in [0.15, 0.2) is 0 Å². The van der Waals surface area contributed by atoms with Gasteiger partial charge in [0.1, 0.15) is 17.9 Å². The minimum atomic E-state index is -2.53. The molecule has 0 saturated carbocycles. The van der Waals surface area contributed by atoms with Gasteiger partial charge in [-0.15, -0.1) is 0 Å². The van der Waals surface area contributed by atoms with Crippen molar-refractivity contribution in [2.75, 3.05) is 0 Å². The summed E-state index contributed by atoms with van der Waals surface area (Å²) in [5.74, 6) is -0.458. The van der Waals surface area contributed by atoms with Crippen LogP contribution in [-0.2, 0) is 22.1 Å². The average molecular weight is 314 g/mol. The molecule has 1 heterocycles. The molecule has 0 spiro atoms. The van der Waals surface area contributed by atoms with Crippen molar-refractivity contribution in [2.45, 2.75) is 32.1 Å². The van der Waals surface area contributed by atoms with Crippen molar-refractivity contribution < 1.29 is 23.0 Å². The van der Waals surface area contributed by atoms with E-state index in [1.807, 2.05) is 0 Å². The lowest BCUT2D eigenvalue weighted by atomic mass is 10.0. The Hall–Kier alpha value is -1.07. The largest absolute Gasteiger partial charge is 0.386 e. The van der Waals surface area contributed by atoms with E-state index in [1.54, 1.807) is 0 Å². The molecule has 0 amide bonds. The quantitative estimate of drug-likeness (QED) is 0.450. The average Bonchev–Trinajstić information content (AvgIpc) is 2.58. The first kappa shape index (κ1) is 16.0. The third kappa shape index (κ3) is 4.21. The third-order valence-electron chi connectivity index (χ3n) is 2.50. The molecule has 9 nitrogen and oxygen atoms in total. The first-order chi connectivity index (χ1) is 8.63. The highest BCUT2D eigenvalue weighted by atomic mass is 35.5. The Morgan fingerprint density at radius 3 is 2.79 bits per heavy atom. The molecule has 11 heteroatoms. The van der Waals surface area contributed by atoms with Gasteiger partial charge in [-0.05, 0) is 35.4 Å². The molecule has 0 saturated heterocycles. The molecule has 0 aliphatic rings. The number of aromatic nitrogens is 2. The predicted molar refractivity (Wildman–Crippen MR) is 65.8 cm³/mol. The smallest absolute Gasteiger partial charge is 0.383 e. The zero-order chi connectivity index (χ0) is 14.8. The zero-order valence-corrected chi connectivity index (χ0v) is 11.6. The van der Waals surface area contributed by atoms with Crippen LogP contribution < -0.4 is 0 Å². The van der Waals surface area contributed by atoms with Gasteiger partial charge in [0, 0.05) is 0 Å². The number of hydrogen-bond acceptors (Lipinski definition) is 6. The molecule has 1 aromatic rings. The van der Waals surface area contributed by atoms with E-state index in [1.165, 1.54) is 13.8 Å². The lowest BCUT2D eigenvalue weighted by Gasteiger charge is -2.28. The highest BCUT2D eigenvalue weighted by Gasteiger charge is 2.33. The van der Waals surface area contributed by atoms with E-state index < -0.39 is 33.8 Å². The molecular formula is C8H12ClN3O6S. The molecule has 2 N–H and O–H groups in total. The van der Waals surface area contributed by atoms with Crippen molar-refractivity contribution in [1.29, 1.82) is 0 Å². The molecule has 1 rings (SSSR count). The molecule has 3 atom stereocenters. The second-order valence-electron chi connectivity index (χ2n) is 4.07. The Kier molecular flexibility index (Phi) is 4.98. The second-order valence-corrected chi connectivity index (χ2v) is 5.03. The first-order valence-electron chi connectivity index (χ1n) is 5.01. The van der Waals surface area contributed by atoms with Crippen LogP contribution in [0.25, 0.3) is 0 Å². The van der Waals surface area contributed by atoms with Gasteiger partial charge < -0.3 is 15.2 Å². The van der Waals surface area contributed by atoms with Crippen molar-refractivity contribution in [3.63, 3.8) is 0 Å². The van der Waals surface area contributed by atoms with E-state index in [2.05, 4.69) is 9.17 Å². The lowest BCUT2D eigenvalue weighted by molar-refractivity contribution is -0.389. The van der Waals surface area contributed by atoms with Crippen LogP contribution in [0.3, 0.4) is 0 Å². The van der Waals surface area contributed by atoms with E-state index >= 15 is 0 Å². The van der Waals surface area contributed by atoms with E-state index in [0.717, 1.165) is 10.8 Å². The summed E-state index contributed by atoms with van der Waals surface area (Å²) in [4.78, 5) is 13.3. The third-order valence-corrected chi connectivity index (χ3v) is 3.25. The molecule has 0 radical (unpaired) electrons. The number of hydrogen-bond donors (Lipinski definition) is 2. The van der Waals surface area contributed by atoms with Gasteiger partial charge in [0.05, 0.1) is 6.54 Å². The maximum absolute atomic E-state index is 10.5. The maximum Gasteiger partial charge on any atom is 0.383 e. The van der Waals surface area contributed by atoms with Crippen LogP contribution in [0.2, 0.25) is 5.28 Å². The van der Waals surface area contributed by atoms with Crippen molar-refractivity contribution in [3.8, 4) is 0 Å². The zero-order valence-electron chi connectivity index (χ0n) is 10.0. The van der Waals surface area contributed by atoms with Crippen molar-refractivity contribution in [1.82, 2.24) is 9.55 Å². The molecule has 0 bridgehead atoms. The standard InChI is InChI=1S/C8H12ClN3O6S/c1-5(18-19(16)17)8(2,13)4-11-3-6(12(14)15)10-7(11)9/h3,5,13H,4H2,1-2H3,(H,16,17). The summed E-state index contributed by atoms with van der Waals surface area (Å²) in [7, 11) is 0. The van der Waals surface area contributed by atoms with Crippen molar-refractivity contribution in [2.24, 2.45) is 0 Å². The van der Waals surface area contributed by atoms with Crippen molar-refractivity contribution in [3.05, 3.63) is 21.6 Å². The fourth-order valence-electron chi connectivity index (χ4n) is 1.28. The topological polar surface area (TPSA) is 128 Å². The number of imidazole rings is 1. The van der Waals surface area contributed by atoms with E-state index in [4.69, 9.17) is 16.2 Å². The van der Waals surface area contributed by atoms with Crippen LogP contribution in [0.5, 0.6) is 0 Å². The van der Waals surface area contributed by atoms with Crippen molar-refractivity contribution >= 4 is 28.8 Å². The molecule has 0 aromatic carbocycles. The van der Waals surface area contributed by atoms with Crippen LogP contribution in [0.1, 0.15) is 13.8 Å². The number of rotatable bonds is 6. The van der Waals surface area contributed by atoms with Crippen LogP contribution in [0, 0.1) is 10.1 Å². The lowest BCUT2D eigenvalue weighted by Crippen LogP contribution is -2.43. The van der Waals surface area contributed by atoms with E-state index in [-0.39, 0.29) is 11.8 Å². The summed E-state index contributed by atoms with van der Waals surface area (Å²) in [6, 6.07) is 0. The van der Waals surface area contributed by atoms with E-state index in [9.17, 15) is 19.4 Å². The fourth-order valence-corrected chi connectivity index (χ4v) is 1.93.